The molecule has 1 N–H and O–H groups in total. The van der Waals surface area contributed by atoms with Crippen molar-refractivity contribution in [1.29, 1.82) is 0 Å². The molecule has 7 heteroatoms. The first-order chi connectivity index (χ1) is 14.8. The molecule has 0 saturated heterocycles. The molecule has 1 aliphatic rings. The van der Waals surface area contributed by atoms with E-state index in [0.717, 1.165) is 31.2 Å². The average Bonchev–Trinajstić information content (AvgIpc) is 3.26. The zero-order valence-corrected chi connectivity index (χ0v) is 18.6. The quantitative estimate of drug-likeness (QED) is 0.642. The molecule has 1 aliphatic carbocycles. The molecule has 166 valence electrons. The van der Waals surface area contributed by atoms with Gasteiger partial charge in [0.25, 0.3) is 5.91 Å². The molecule has 0 bridgehead atoms. The minimum absolute atomic E-state index is 0.0201. The molecule has 5 nitrogen and oxygen atoms in total. The number of nitrogens with one attached hydrogen (secondary N) is 1. The van der Waals surface area contributed by atoms with Gasteiger partial charge in [-0.05, 0) is 56.5 Å². The highest BCUT2D eigenvalue weighted by Gasteiger charge is 2.29. The number of amides is 2. The molecule has 1 saturated carbocycles. The van der Waals surface area contributed by atoms with E-state index in [9.17, 15) is 14.0 Å². The van der Waals surface area contributed by atoms with Crippen LogP contribution in [-0.4, -0.2) is 35.4 Å². The third-order valence-corrected chi connectivity index (χ3v) is 6.08. The van der Waals surface area contributed by atoms with Crippen molar-refractivity contribution in [1.82, 2.24) is 10.2 Å². The second-order valence-electron chi connectivity index (χ2n) is 7.98. The topological polar surface area (TPSA) is 58.6 Å². The minimum atomic E-state index is -0.761. The van der Waals surface area contributed by atoms with Gasteiger partial charge in [0, 0.05) is 23.2 Å². The van der Waals surface area contributed by atoms with Crippen molar-refractivity contribution in [2.75, 3.05) is 6.61 Å². The van der Waals surface area contributed by atoms with Gasteiger partial charge in [-0.1, -0.05) is 42.6 Å². The fourth-order valence-corrected chi connectivity index (χ4v) is 3.84. The van der Waals surface area contributed by atoms with Gasteiger partial charge >= 0.3 is 0 Å². The van der Waals surface area contributed by atoms with Crippen LogP contribution < -0.4 is 10.1 Å². The monoisotopic (exact) mass is 446 g/mol. The SMILES string of the molecule is Cc1cc(OCC(=O)N(Cc2ccccc2F)[C@H](C)C(=O)NC2CCCC2)ccc1Cl. The maximum absolute atomic E-state index is 14.3. The van der Waals surface area contributed by atoms with E-state index in [1.807, 2.05) is 6.92 Å². The van der Waals surface area contributed by atoms with Gasteiger partial charge in [-0.25, -0.2) is 4.39 Å². The minimum Gasteiger partial charge on any atom is -0.484 e. The summed E-state index contributed by atoms with van der Waals surface area (Å²) in [5, 5.41) is 3.63. The molecule has 2 amide bonds. The van der Waals surface area contributed by atoms with Gasteiger partial charge in [-0.2, -0.15) is 0 Å². The fraction of sp³-hybridized carbons (Fsp3) is 0.417. The van der Waals surface area contributed by atoms with E-state index in [-0.39, 0.29) is 25.1 Å². The molecule has 0 radical (unpaired) electrons. The van der Waals surface area contributed by atoms with Crippen molar-refractivity contribution in [3.63, 3.8) is 0 Å². The van der Waals surface area contributed by atoms with Crippen LogP contribution in [0.2, 0.25) is 5.02 Å². The second kappa shape index (κ2) is 10.6. The molecule has 0 heterocycles. The molecule has 1 atom stereocenters. The number of hydrogen-bond donors (Lipinski definition) is 1. The zero-order valence-electron chi connectivity index (χ0n) is 17.9. The van der Waals surface area contributed by atoms with Crippen LogP contribution in [0.4, 0.5) is 4.39 Å². The lowest BCUT2D eigenvalue weighted by Gasteiger charge is -2.29. The van der Waals surface area contributed by atoms with Crippen LogP contribution in [0.25, 0.3) is 0 Å². The molecular weight excluding hydrogens is 419 g/mol. The Morgan fingerprint density at radius 2 is 1.94 bits per heavy atom. The summed E-state index contributed by atoms with van der Waals surface area (Å²) < 4.78 is 19.9. The van der Waals surface area contributed by atoms with Crippen LogP contribution in [0.1, 0.15) is 43.7 Å². The largest absolute Gasteiger partial charge is 0.484 e. The average molecular weight is 447 g/mol. The molecule has 31 heavy (non-hydrogen) atoms. The van der Waals surface area contributed by atoms with E-state index in [2.05, 4.69) is 5.32 Å². The molecule has 0 aromatic heterocycles. The van der Waals surface area contributed by atoms with Crippen LogP contribution in [0.15, 0.2) is 42.5 Å². The number of carbonyl (C=O) groups excluding carboxylic acids is 2. The summed E-state index contributed by atoms with van der Waals surface area (Å²) in [7, 11) is 0. The number of aryl methyl sites for hydroxylation is 1. The van der Waals surface area contributed by atoms with Crippen LogP contribution in [0, 0.1) is 12.7 Å². The Bertz CT molecular complexity index is 931. The Morgan fingerprint density at radius 3 is 2.61 bits per heavy atom. The summed E-state index contributed by atoms with van der Waals surface area (Å²) in [6, 6.07) is 10.7. The van der Waals surface area contributed by atoms with Gasteiger partial charge in [0.2, 0.25) is 5.91 Å². The normalized spacial score (nSPS) is 14.8. The Kier molecular flexibility index (Phi) is 7.91. The summed E-state index contributed by atoms with van der Waals surface area (Å²) in [5.41, 5.74) is 1.18. The first-order valence-corrected chi connectivity index (χ1v) is 10.9. The number of carbonyl (C=O) groups is 2. The Labute approximate surface area is 187 Å². The molecule has 3 rings (SSSR count). The first kappa shape index (κ1) is 23.1. The molecular formula is C24H28ClFN2O3. The van der Waals surface area contributed by atoms with Gasteiger partial charge < -0.3 is 15.0 Å². The smallest absolute Gasteiger partial charge is 0.261 e. The lowest BCUT2D eigenvalue weighted by molar-refractivity contribution is -0.142. The number of rotatable bonds is 8. The predicted octanol–water partition coefficient (Wildman–Crippen LogP) is 4.64. The third-order valence-electron chi connectivity index (χ3n) is 5.66. The van der Waals surface area contributed by atoms with E-state index in [4.69, 9.17) is 16.3 Å². The predicted molar refractivity (Wildman–Crippen MR) is 118 cm³/mol. The van der Waals surface area contributed by atoms with Crippen molar-refractivity contribution in [3.05, 3.63) is 64.4 Å². The molecule has 2 aromatic rings. The van der Waals surface area contributed by atoms with E-state index in [1.165, 1.54) is 11.0 Å². The Morgan fingerprint density at radius 1 is 1.23 bits per heavy atom. The van der Waals surface area contributed by atoms with Crippen molar-refractivity contribution in [2.24, 2.45) is 0 Å². The van der Waals surface area contributed by atoms with Gasteiger partial charge in [0.05, 0.1) is 0 Å². The highest BCUT2D eigenvalue weighted by Crippen LogP contribution is 2.22. The highest BCUT2D eigenvalue weighted by molar-refractivity contribution is 6.31. The van der Waals surface area contributed by atoms with Gasteiger partial charge in [-0.15, -0.1) is 0 Å². The first-order valence-electron chi connectivity index (χ1n) is 10.6. The molecule has 0 spiro atoms. The van der Waals surface area contributed by atoms with E-state index >= 15 is 0 Å². The maximum atomic E-state index is 14.3. The van der Waals surface area contributed by atoms with Crippen LogP contribution >= 0.6 is 11.6 Å². The molecule has 2 aromatic carbocycles. The summed E-state index contributed by atoms with van der Waals surface area (Å²) in [5.74, 6) is -0.550. The highest BCUT2D eigenvalue weighted by atomic mass is 35.5. The van der Waals surface area contributed by atoms with Gasteiger partial charge in [-0.3, -0.25) is 9.59 Å². The molecule has 0 unspecified atom stereocenters. The number of nitrogens with zero attached hydrogens (tertiary/aromatic N) is 1. The van der Waals surface area contributed by atoms with Crippen LogP contribution in [0.5, 0.6) is 5.75 Å². The fourth-order valence-electron chi connectivity index (χ4n) is 3.72. The third kappa shape index (κ3) is 6.20. The summed E-state index contributed by atoms with van der Waals surface area (Å²) in [4.78, 5) is 27.2. The van der Waals surface area contributed by atoms with E-state index < -0.39 is 17.8 Å². The number of ether oxygens (including phenoxy) is 1. The maximum Gasteiger partial charge on any atom is 0.261 e. The number of benzene rings is 2. The lowest BCUT2D eigenvalue weighted by atomic mass is 10.1. The second-order valence-corrected chi connectivity index (χ2v) is 8.39. The van der Waals surface area contributed by atoms with Gasteiger partial charge in [0.1, 0.15) is 17.6 Å². The Balaban J connectivity index is 1.73. The van der Waals surface area contributed by atoms with E-state index in [0.29, 0.717) is 16.3 Å². The van der Waals surface area contributed by atoms with Crippen molar-refractivity contribution >= 4 is 23.4 Å². The molecule has 1 fully saturated rings. The summed E-state index contributed by atoms with van der Waals surface area (Å²) >= 11 is 6.03. The standard InChI is InChI=1S/C24H28ClFN2O3/c1-16-13-20(11-12-21(16)25)31-15-23(29)28(14-18-7-3-6-10-22(18)26)17(2)24(30)27-19-8-4-5-9-19/h3,6-7,10-13,17,19H,4-5,8-9,14-15H2,1-2H3,(H,27,30)/t17-/m1/s1. The van der Waals surface area contributed by atoms with Crippen molar-refractivity contribution in [2.45, 2.75) is 58.2 Å². The summed E-state index contributed by atoms with van der Waals surface area (Å²) in [6.07, 6.45) is 4.06. The van der Waals surface area contributed by atoms with Crippen LogP contribution in [-0.2, 0) is 16.1 Å². The Hall–Kier alpha value is -2.60. The van der Waals surface area contributed by atoms with Crippen LogP contribution in [0.3, 0.4) is 0 Å². The van der Waals surface area contributed by atoms with E-state index in [1.54, 1.807) is 43.3 Å². The van der Waals surface area contributed by atoms with Gasteiger partial charge in [0.15, 0.2) is 6.61 Å². The summed E-state index contributed by atoms with van der Waals surface area (Å²) in [6.45, 7) is 3.22. The number of hydrogen-bond acceptors (Lipinski definition) is 3. The van der Waals surface area contributed by atoms with Crippen molar-refractivity contribution in [3.8, 4) is 5.75 Å². The van der Waals surface area contributed by atoms with Crippen molar-refractivity contribution < 1.29 is 18.7 Å². The number of halogens is 2. The molecule has 0 aliphatic heterocycles. The lowest BCUT2D eigenvalue weighted by Crippen LogP contribution is -2.50. The zero-order chi connectivity index (χ0) is 22.4.